The summed E-state index contributed by atoms with van der Waals surface area (Å²) in [6.07, 6.45) is 2.00. The molecule has 2 aromatic carbocycles. The van der Waals surface area contributed by atoms with Crippen LogP contribution in [0.3, 0.4) is 0 Å². The van der Waals surface area contributed by atoms with Gasteiger partial charge in [-0.15, -0.1) is 22.7 Å². The molecule has 4 aromatic rings. The van der Waals surface area contributed by atoms with Gasteiger partial charge in [0.2, 0.25) is 11.8 Å². The number of aryl methyl sites for hydroxylation is 1. The average molecular weight is 469 g/mol. The molecule has 1 saturated carbocycles. The van der Waals surface area contributed by atoms with Crippen LogP contribution in [-0.2, 0) is 9.59 Å². The Morgan fingerprint density at radius 2 is 1.91 bits per heavy atom. The Kier molecular flexibility index (Phi) is 5.38. The first-order chi connectivity index (χ1) is 15.4. The fourth-order valence-electron chi connectivity index (χ4n) is 3.52. The SMILES string of the molecule is Cc1nc2cc(-c3cc4sc(C(C)C(=O)NCC(=O)NC5CC5)nc4cc3F)ccc2s1. The van der Waals surface area contributed by atoms with Crippen LogP contribution in [0.1, 0.15) is 35.7 Å². The molecule has 32 heavy (non-hydrogen) atoms. The summed E-state index contributed by atoms with van der Waals surface area (Å²) in [7, 11) is 0. The Morgan fingerprint density at radius 1 is 1.12 bits per heavy atom. The number of benzene rings is 2. The van der Waals surface area contributed by atoms with Gasteiger partial charge in [-0.3, -0.25) is 9.59 Å². The highest BCUT2D eigenvalue weighted by Gasteiger charge is 2.25. The van der Waals surface area contributed by atoms with Crippen molar-refractivity contribution in [2.45, 2.75) is 38.6 Å². The summed E-state index contributed by atoms with van der Waals surface area (Å²) < 4.78 is 16.8. The number of hydrogen-bond acceptors (Lipinski definition) is 6. The number of halogens is 1. The Balaban J connectivity index is 1.37. The van der Waals surface area contributed by atoms with Gasteiger partial charge in [-0.1, -0.05) is 6.07 Å². The van der Waals surface area contributed by atoms with Crippen LogP contribution < -0.4 is 10.6 Å². The van der Waals surface area contributed by atoms with Gasteiger partial charge in [-0.25, -0.2) is 14.4 Å². The molecule has 9 heteroatoms. The lowest BCUT2D eigenvalue weighted by atomic mass is 10.0. The Labute approximate surface area is 191 Å². The summed E-state index contributed by atoms with van der Waals surface area (Å²) in [5, 5.41) is 7.05. The van der Waals surface area contributed by atoms with E-state index in [-0.39, 0.29) is 30.2 Å². The minimum absolute atomic E-state index is 0.0537. The van der Waals surface area contributed by atoms with Crippen LogP contribution >= 0.6 is 22.7 Å². The number of nitrogens with one attached hydrogen (secondary N) is 2. The van der Waals surface area contributed by atoms with Crippen molar-refractivity contribution in [2.75, 3.05) is 6.54 Å². The number of carbonyl (C=O) groups is 2. The fourth-order valence-corrected chi connectivity index (χ4v) is 5.37. The molecule has 6 nitrogen and oxygen atoms in total. The molecule has 2 amide bonds. The summed E-state index contributed by atoms with van der Waals surface area (Å²) in [6, 6.07) is 9.20. The first kappa shape index (κ1) is 21.0. The minimum atomic E-state index is -0.540. The van der Waals surface area contributed by atoms with E-state index in [1.54, 1.807) is 24.3 Å². The summed E-state index contributed by atoms with van der Waals surface area (Å²) in [5.74, 6) is -1.37. The van der Waals surface area contributed by atoms with Gasteiger partial charge < -0.3 is 10.6 Å². The smallest absolute Gasteiger partial charge is 0.239 e. The zero-order valence-corrected chi connectivity index (χ0v) is 19.2. The number of nitrogens with zero attached hydrogens (tertiary/aromatic N) is 2. The van der Waals surface area contributed by atoms with Crippen molar-refractivity contribution in [1.29, 1.82) is 0 Å². The van der Waals surface area contributed by atoms with Crippen molar-refractivity contribution < 1.29 is 14.0 Å². The average Bonchev–Trinajstić information content (AvgIpc) is 3.34. The molecule has 0 aliphatic heterocycles. The van der Waals surface area contributed by atoms with Crippen LogP contribution in [0.15, 0.2) is 30.3 Å². The molecule has 0 saturated heterocycles. The zero-order chi connectivity index (χ0) is 22.4. The van der Waals surface area contributed by atoms with Gasteiger partial charge in [0, 0.05) is 17.7 Å². The van der Waals surface area contributed by atoms with Gasteiger partial charge in [0.05, 0.1) is 37.9 Å². The quantitative estimate of drug-likeness (QED) is 0.436. The number of rotatable bonds is 6. The largest absolute Gasteiger partial charge is 0.352 e. The van der Waals surface area contributed by atoms with E-state index >= 15 is 0 Å². The van der Waals surface area contributed by atoms with Gasteiger partial charge in [-0.2, -0.15) is 0 Å². The third kappa shape index (κ3) is 4.22. The molecular weight excluding hydrogens is 447 g/mol. The summed E-state index contributed by atoms with van der Waals surface area (Å²) in [6.45, 7) is 3.64. The number of amides is 2. The zero-order valence-electron chi connectivity index (χ0n) is 17.6. The molecule has 1 aliphatic rings. The molecule has 1 aliphatic carbocycles. The van der Waals surface area contributed by atoms with Crippen LogP contribution in [0.5, 0.6) is 0 Å². The molecule has 0 bridgehead atoms. The van der Waals surface area contributed by atoms with Crippen LogP contribution in [0.2, 0.25) is 0 Å². The molecule has 2 N–H and O–H groups in total. The number of aromatic nitrogens is 2. The molecule has 2 heterocycles. The number of carbonyl (C=O) groups excluding carboxylic acids is 2. The van der Waals surface area contributed by atoms with Crippen molar-refractivity contribution in [3.8, 4) is 11.1 Å². The van der Waals surface area contributed by atoms with Crippen molar-refractivity contribution in [1.82, 2.24) is 20.6 Å². The Morgan fingerprint density at radius 3 is 2.69 bits per heavy atom. The van der Waals surface area contributed by atoms with Crippen molar-refractivity contribution in [3.63, 3.8) is 0 Å². The normalized spacial score (nSPS) is 14.6. The van der Waals surface area contributed by atoms with E-state index in [0.717, 1.165) is 38.3 Å². The Bertz CT molecular complexity index is 1360. The van der Waals surface area contributed by atoms with E-state index < -0.39 is 5.92 Å². The molecule has 1 atom stereocenters. The number of hydrogen-bond donors (Lipinski definition) is 2. The van der Waals surface area contributed by atoms with E-state index in [2.05, 4.69) is 20.6 Å². The monoisotopic (exact) mass is 468 g/mol. The fraction of sp³-hybridized carbons (Fsp3) is 0.304. The topological polar surface area (TPSA) is 84.0 Å². The second kappa shape index (κ2) is 8.22. The predicted octanol–water partition coefficient (Wildman–Crippen LogP) is 4.52. The van der Waals surface area contributed by atoms with E-state index in [1.807, 2.05) is 25.1 Å². The van der Waals surface area contributed by atoms with Gasteiger partial charge in [0.25, 0.3) is 0 Å². The predicted molar refractivity (Wildman–Crippen MR) is 126 cm³/mol. The highest BCUT2D eigenvalue weighted by Crippen LogP contribution is 2.35. The summed E-state index contributed by atoms with van der Waals surface area (Å²) in [4.78, 5) is 33.3. The molecule has 5 rings (SSSR count). The third-order valence-corrected chi connectivity index (χ3v) is 7.58. The van der Waals surface area contributed by atoms with Crippen LogP contribution in [0.4, 0.5) is 4.39 Å². The number of thiazole rings is 2. The molecule has 2 aromatic heterocycles. The maximum atomic E-state index is 14.9. The maximum absolute atomic E-state index is 14.9. The van der Waals surface area contributed by atoms with E-state index in [1.165, 1.54) is 17.4 Å². The second-order valence-corrected chi connectivity index (χ2v) is 10.3. The second-order valence-electron chi connectivity index (χ2n) is 8.05. The Hall–Kier alpha value is -2.91. The summed E-state index contributed by atoms with van der Waals surface area (Å²) >= 11 is 2.97. The van der Waals surface area contributed by atoms with Crippen molar-refractivity contribution >= 4 is 54.9 Å². The lowest BCUT2D eigenvalue weighted by Gasteiger charge is -2.09. The standard InChI is InChI=1S/C23H21FN4O2S2/c1-11(22(30)25-10-21(29)27-14-4-5-14)23-28-18-9-16(24)15(8-20(18)32-23)13-3-6-19-17(7-13)26-12(2)31-19/h3,6-9,11,14H,4-5,10H2,1-2H3,(H,25,30)(H,27,29). The molecule has 0 radical (unpaired) electrons. The highest BCUT2D eigenvalue weighted by molar-refractivity contribution is 7.19. The molecular formula is C23H21FN4O2S2. The lowest BCUT2D eigenvalue weighted by Crippen LogP contribution is -2.39. The molecule has 1 fully saturated rings. The first-order valence-electron chi connectivity index (χ1n) is 10.4. The van der Waals surface area contributed by atoms with Gasteiger partial charge >= 0.3 is 0 Å². The number of fused-ring (bicyclic) bond motifs is 2. The van der Waals surface area contributed by atoms with Gasteiger partial charge in [0.1, 0.15) is 10.8 Å². The third-order valence-electron chi connectivity index (χ3n) is 5.43. The van der Waals surface area contributed by atoms with Crippen molar-refractivity contribution in [2.24, 2.45) is 0 Å². The van der Waals surface area contributed by atoms with Crippen molar-refractivity contribution in [3.05, 3.63) is 46.2 Å². The van der Waals surface area contributed by atoms with E-state index in [0.29, 0.717) is 16.1 Å². The molecule has 164 valence electrons. The first-order valence-corrected chi connectivity index (χ1v) is 12.1. The minimum Gasteiger partial charge on any atom is -0.352 e. The molecule has 1 unspecified atom stereocenters. The van der Waals surface area contributed by atoms with Gasteiger partial charge in [0.15, 0.2) is 0 Å². The van der Waals surface area contributed by atoms with Crippen LogP contribution in [0, 0.1) is 12.7 Å². The van der Waals surface area contributed by atoms with E-state index in [4.69, 9.17) is 0 Å². The van der Waals surface area contributed by atoms with Crippen LogP contribution in [0.25, 0.3) is 31.6 Å². The van der Waals surface area contributed by atoms with Crippen LogP contribution in [-0.4, -0.2) is 34.4 Å². The van der Waals surface area contributed by atoms with Gasteiger partial charge in [-0.05, 0) is 50.5 Å². The highest BCUT2D eigenvalue weighted by atomic mass is 32.1. The lowest BCUT2D eigenvalue weighted by molar-refractivity contribution is -0.126. The summed E-state index contributed by atoms with van der Waals surface area (Å²) in [5.41, 5.74) is 2.60. The maximum Gasteiger partial charge on any atom is 0.239 e. The molecule has 0 spiro atoms. The van der Waals surface area contributed by atoms with E-state index in [9.17, 15) is 14.0 Å².